The van der Waals surface area contributed by atoms with Crippen LogP contribution in [0.2, 0.25) is 0 Å². The summed E-state index contributed by atoms with van der Waals surface area (Å²) in [6.45, 7) is 4.54. The standard InChI is InChI=1S/C25H28N2O2/c1-18-9-13-22(14-10-18)24(21-7-5-4-6-8-21)27-19(2)25(28)26-17-20-11-15-23(29-3)16-12-20/h4-16,19,24,27H,17H2,1-3H3,(H,26,28)/p+1/t19-,24+/m0/s1. The quantitative estimate of drug-likeness (QED) is 0.621. The Morgan fingerprint density at radius 2 is 1.55 bits per heavy atom. The lowest BCUT2D eigenvalue weighted by atomic mass is 9.97. The summed E-state index contributed by atoms with van der Waals surface area (Å²) < 4.78 is 5.18. The molecule has 0 bridgehead atoms. The van der Waals surface area contributed by atoms with Crippen molar-refractivity contribution >= 4 is 5.91 Å². The second-order valence-electron chi connectivity index (χ2n) is 7.35. The smallest absolute Gasteiger partial charge is 0.278 e. The number of hydrogen-bond acceptors (Lipinski definition) is 2. The second kappa shape index (κ2) is 9.89. The van der Waals surface area contributed by atoms with Crippen molar-refractivity contribution in [3.63, 3.8) is 0 Å². The Morgan fingerprint density at radius 3 is 2.17 bits per heavy atom. The summed E-state index contributed by atoms with van der Waals surface area (Å²) in [5, 5.41) is 5.17. The van der Waals surface area contributed by atoms with Gasteiger partial charge in [-0.25, -0.2) is 0 Å². The summed E-state index contributed by atoms with van der Waals surface area (Å²) in [5.41, 5.74) is 4.65. The highest BCUT2D eigenvalue weighted by molar-refractivity contribution is 5.79. The SMILES string of the molecule is COc1ccc(CNC(=O)[C@H](C)[NH2+][C@H](c2ccccc2)c2ccc(C)cc2)cc1. The number of amides is 1. The maximum Gasteiger partial charge on any atom is 0.278 e. The van der Waals surface area contributed by atoms with E-state index in [-0.39, 0.29) is 18.0 Å². The third-order valence-corrected chi connectivity index (χ3v) is 5.12. The molecule has 0 aromatic heterocycles. The maximum atomic E-state index is 12.7. The third-order valence-electron chi connectivity index (χ3n) is 5.12. The minimum atomic E-state index is -0.222. The molecule has 4 heteroatoms. The first kappa shape index (κ1) is 20.6. The first-order valence-electron chi connectivity index (χ1n) is 9.94. The summed E-state index contributed by atoms with van der Waals surface area (Å²) in [7, 11) is 1.64. The molecule has 29 heavy (non-hydrogen) atoms. The molecule has 0 unspecified atom stereocenters. The van der Waals surface area contributed by atoms with E-state index in [9.17, 15) is 4.79 Å². The first-order chi connectivity index (χ1) is 14.1. The van der Waals surface area contributed by atoms with Gasteiger partial charge in [0.25, 0.3) is 5.91 Å². The average Bonchev–Trinajstić information content (AvgIpc) is 2.77. The van der Waals surface area contributed by atoms with Gasteiger partial charge in [-0.3, -0.25) is 4.79 Å². The fourth-order valence-electron chi connectivity index (χ4n) is 3.32. The third kappa shape index (κ3) is 5.69. The number of nitrogens with two attached hydrogens (primary N) is 1. The molecule has 0 radical (unpaired) electrons. The summed E-state index contributed by atoms with van der Waals surface area (Å²) in [4.78, 5) is 12.7. The van der Waals surface area contributed by atoms with E-state index in [1.165, 1.54) is 16.7 Å². The van der Waals surface area contributed by atoms with Crippen molar-refractivity contribution in [3.8, 4) is 5.75 Å². The van der Waals surface area contributed by atoms with Crippen LogP contribution in [0.3, 0.4) is 0 Å². The zero-order chi connectivity index (χ0) is 20.6. The summed E-state index contributed by atoms with van der Waals surface area (Å²) >= 11 is 0. The van der Waals surface area contributed by atoms with E-state index in [0.717, 1.165) is 11.3 Å². The zero-order valence-corrected chi connectivity index (χ0v) is 17.3. The van der Waals surface area contributed by atoms with Gasteiger partial charge in [-0.1, -0.05) is 72.3 Å². The van der Waals surface area contributed by atoms with Gasteiger partial charge in [-0.2, -0.15) is 0 Å². The fraction of sp³-hybridized carbons (Fsp3) is 0.240. The van der Waals surface area contributed by atoms with Gasteiger partial charge in [-0.15, -0.1) is 0 Å². The van der Waals surface area contributed by atoms with Crippen LogP contribution in [0, 0.1) is 6.92 Å². The number of benzene rings is 3. The second-order valence-corrected chi connectivity index (χ2v) is 7.35. The van der Waals surface area contributed by atoms with E-state index in [2.05, 4.69) is 54.0 Å². The Kier molecular flexibility index (Phi) is 7.04. The molecule has 3 aromatic rings. The van der Waals surface area contributed by atoms with E-state index in [4.69, 9.17) is 4.74 Å². The van der Waals surface area contributed by atoms with Crippen LogP contribution in [0.4, 0.5) is 0 Å². The van der Waals surface area contributed by atoms with Gasteiger partial charge in [-0.05, 0) is 31.5 Å². The Balaban J connectivity index is 1.67. The summed E-state index contributed by atoms with van der Waals surface area (Å²) in [6.07, 6.45) is 0. The van der Waals surface area contributed by atoms with Crippen molar-refractivity contribution < 1.29 is 14.8 Å². The molecule has 0 aliphatic heterocycles. The number of quaternary nitrogens is 1. The van der Waals surface area contributed by atoms with Crippen LogP contribution in [0.15, 0.2) is 78.9 Å². The number of aryl methyl sites for hydroxylation is 1. The highest BCUT2D eigenvalue weighted by Gasteiger charge is 2.24. The van der Waals surface area contributed by atoms with E-state index >= 15 is 0 Å². The molecule has 3 N–H and O–H groups in total. The van der Waals surface area contributed by atoms with Gasteiger partial charge in [0.05, 0.1) is 7.11 Å². The highest BCUT2D eigenvalue weighted by atomic mass is 16.5. The van der Waals surface area contributed by atoms with Crippen LogP contribution >= 0.6 is 0 Å². The van der Waals surface area contributed by atoms with Gasteiger partial charge in [0.15, 0.2) is 6.04 Å². The first-order valence-corrected chi connectivity index (χ1v) is 9.94. The zero-order valence-electron chi connectivity index (χ0n) is 17.3. The topological polar surface area (TPSA) is 54.9 Å². The summed E-state index contributed by atoms with van der Waals surface area (Å²) in [5.74, 6) is 0.833. The molecule has 0 saturated heterocycles. The van der Waals surface area contributed by atoms with Crippen LogP contribution in [-0.2, 0) is 11.3 Å². The van der Waals surface area contributed by atoms with Crippen molar-refractivity contribution in [1.82, 2.24) is 5.32 Å². The van der Waals surface area contributed by atoms with Crippen LogP contribution in [-0.4, -0.2) is 19.1 Å². The van der Waals surface area contributed by atoms with Crippen molar-refractivity contribution in [2.45, 2.75) is 32.5 Å². The minimum Gasteiger partial charge on any atom is -0.497 e. The molecule has 3 rings (SSSR count). The molecule has 0 spiro atoms. The number of ether oxygens (including phenoxy) is 1. The number of carbonyl (C=O) groups excluding carboxylic acids is 1. The van der Waals surface area contributed by atoms with E-state index in [1.807, 2.05) is 49.4 Å². The largest absolute Gasteiger partial charge is 0.497 e. The fourth-order valence-corrected chi connectivity index (χ4v) is 3.32. The molecule has 4 nitrogen and oxygen atoms in total. The van der Waals surface area contributed by atoms with Crippen LogP contribution in [0.25, 0.3) is 0 Å². The van der Waals surface area contributed by atoms with Gasteiger partial charge >= 0.3 is 0 Å². The Labute approximate surface area is 172 Å². The van der Waals surface area contributed by atoms with Gasteiger partial charge in [0.1, 0.15) is 11.8 Å². The van der Waals surface area contributed by atoms with E-state index < -0.39 is 0 Å². The van der Waals surface area contributed by atoms with Crippen LogP contribution in [0.1, 0.15) is 35.2 Å². The molecule has 2 atom stereocenters. The molecule has 3 aromatic carbocycles. The number of carbonyl (C=O) groups is 1. The minimum absolute atomic E-state index is 0.0221. The highest BCUT2D eigenvalue weighted by Crippen LogP contribution is 2.19. The molecule has 0 aliphatic carbocycles. The van der Waals surface area contributed by atoms with Gasteiger partial charge in [0, 0.05) is 17.7 Å². The van der Waals surface area contributed by atoms with Gasteiger partial charge < -0.3 is 15.4 Å². The van der Waals surface area contributed by atoms with Crippen molar-refractivity contribution in [3.05, 3.63) is 101 Å². The average molecular weight is 390 g/mol. The molecule has 1 amide bonds. The molecule has 0 heterocycles. The van der Waals surface area contributed by atoms with Crippen molar-refractivity contribution in [1.29, 1.82) is 0 Å². The molecule has 0 aliphatic rings. The number of nitrogens with one attached hydrogen (secondary N) is 1. The lowest BCUT2D eigenvalue weighted by molar-refractivity contribution is -0.704. The monoisotopic (exact) mass is 389 g/mol. The normalized spacial score (nSPS) is 12.8. The number of rotatable bonds is 8. The Morgan fingerprint density at radius 1 is 0.931 bits per heavy atom. The van der Waals surface area contributed by atoms with Crippen LogP contribution in [0.5, 0.6) is 5.75 Å². The van der Waals surface area contributed by atoms with Gasteiger partial charge in [0.2, 0.25) is 0 Å². The lowest BCUT2D eigenvalue weighted by Gasteiger charge is -2.21. The molecule has 0 fully saturated rings. The van der Waals surface area contributed by atoms with E-state index in [1.54, 1.807) is 7.11 Å². The van der Waals surface area contributed by atoms with Crippen molar-refractivity contribution in [2.75, 3.05) is 7.11 Å². The molecule has 150 valence electrons. The van der Waals surface area contributed by atoms with E-state index in [0.29, 0.717) is 6.54 Å². The Hall–Kier alpha value is -3.11. The molecular formula is C25H29N2O2+. The van der Waals surface area contributed by atoms with Crippen LogP contribution < -0.4 is 15.4 Å². The molecular weight excluding hydrogens is 360 g/mol. The molecule has 0 saturated carbocycles. The predicted octanol–water partition coefficient (Wildman–Crippen LogP) is 3.36. The number of hydrogen-bond donors (Lipinski definition) is 2. The maximum absolute atomic E-state index is 12.7. The van der Waals surface area contributed by atoms with Crippen molar-refractivity contribution in [2.24, 2.45) is 0 Å². The summed E-state index contributed by atoms with van der Waals surface area (Å²) in [6, 6.07) is 26.4. The Bertz CT molecular complexity index is 906. The predicted molar refractivity (Wildman–Crippen MR) is 116 cm³/mol. The lowest BCUT2D eigenvalue weighted by Crippen LogP contribution is -2.92. The number of methoxy groups -OCH3 is 1.